The molecule has 0 unspecified atom stereocenters. The Morgan fingerprint density at radius 2 is 2.21 bits per heavy atom. The second kappa shape index (κ2) is 4.03. The maximum atomic E-state index is 3.55. The SMILES string of the molecule is CCc1c(C)cc(CBr)c2ccsc12. The van der Waals surface area contributed by atoms with Crippen molar-refractivity contribution in [1.82, 2.24) is 0 Å². The van der Waals surface area contributed by atoms with Crippen molar-refractivity contribution in [3.8, 4) is 0 Å². The Morgan fingerprint density at radius 3 is 2.86 bits per heavy atom. The number of benzene rings is 1. The standard InChI is InChI=1S/C12H13BrS/c1-3-10-8(2)6-9(7-13)11-4-5-14-12(10)11/h4-6H,3,7H2,1-2H3. The summed E-state index contributed by atoms with van der Waals surface area (Å²) in [6.45, 7) is 4.44. The minimum absolute atomic E-state index is 0.949. The molecule has 0 radical (unpaired) electrons. The van der Waals surface area contributed by atoms with Crippen molar-refractivity contribution in [3.63, 3.8) is 0 Å². The molecule has 1 heterocycles. The van der Waals surface area contributed by atoms with E-state index in [1.54, 1.807) is 0 Å². The molecular formula is C12H13BrS. The smallest absolute Gasteiger partial charge is 0.0380 e. The van der Waals surface area contributed by atoms with Crippen molar-refractivity contribution in [2.45, 2.75) is 25.6 Å². The summed E-state index contributed by atoms with van der Waals surface area (Å²) in [6.07, 6.45) is 1.13. The lowest BCUT2D eigenvalue weighted by Crippen LogP contribution is -1.90. The molecule has 0 spiro atoms. The summed E-state index contributed by atoms with van der Waals surface area (Å²) in [5.41, 5.74) is 4.35. The van der Waals surface area contributed by atoms with E-state index in [0.717, 1.165) is 11.8 Å². The van der Waals surface area contributed by atoms with Gasteiger partial charge in [0, 0.05) is 10.0 Å². The number of thiophene rings is 1. The van der Waals surface area contributed by atoms with Crippen LogP contribution in [0.5, 0.6) is 0 Å². The second-order valence-electron chi connectivity index (χ2n) is 3.48. The Balaban J connectivity index is 2.81. The zero-order valence-corrected chi connectivity index (χ0v) is 10.8. The van der Waals surface area contributed by atoms with Gasteiger partial charge in [-0.25, -0.2) is 0 Å². The maximum Gasteiger partial charge on any atom is 0.0380 e. The maximum absolute atomic E-state index is 3.55. The topological polar surface area (TPSA) is 0 Å². The van der Waals surface area contributed by atoms with Gasteiger partial charge in [0.1, 0.15) is 0 Å². The molecule has 0 nitrogen and oxygen atoms in total. The van der Waals surface area contributed by atoms with Crippen LogP contribution in [0, 0.1) is 6.92 Å². The number of halogens is 1. The monoisotopic (exact) mass is 268 g/mol. The third-order valence-corrected chi connectivity index (χ3v) is 4.23. The van der Waals surface area contributed by atoms with Crippen molar-refractivity contribution in [3.05, 3.63) is 34.2 Å². The first-order valence-electron chi connectivity index (χ1n) is 4.82. The van der Waals surface area contributed by atoms with Crippen LogP contribution in [0.4, 0.5) is 0 Å². The Bertz CT molecular complexity index is 457. The van der Waals surface area contributed by atoms with E-state index < -0.39 is 0 Å². The number of hydrogen-bond donors (Lipinski definition) is 0. The van der Waals surface area contributed by atoms with Gasteiger partial charge in [-0.1, -0.05) is 28.9 Å². The van der Waals surface area contributed by atoms with E-state index in [2.05, 4.69) is 47.3 Å². The molecule has 0 aliphatic rings. The van der Waals surface area contributed by atoms with E-state index in [1.807, 2.05) is 11.3 Å². The lowest BCUT2D eigenvalue weighted by molar-refractivity contribution is 1.13. The molecule has 2 rings (SSSR count). The van der Waals surface area contributed by atoms with E-state index >= 15 is 0 Å². The molecule has 74 valence electrons. The fourth-order valence-electron chi connectivity index (χ4n) is 1.95. The third kappa shape index (κ3) is 1.51. The van der Waals surface area contributed by atoms with Crippen LogP contribution in [-0.4, -0.2) is 0 Å². The van der Waals surface area contributed by atoms with Gasteiger partial charge in [-0.15, -0.1) is 11.3 Å². The highest BCUT2D eigenvalue weighted by Gasteiger charge is 2.08. The van der Waals surface area contributed by atoms with Crippen LogP contribution >= 0.6 is 27.3 Å². The zero-order chi connectivity index (χ0) is 10.1. The van der Waals surface area contributed by atoms with Crippen molar-refractivity contribution >= 4 is 37.4 Å². The molecule has 0 aliphatic carbocycles. The average molecular weight is 269 g/mol. The molecule has 0 saturated carbocycles. The summed E-state index contributed by atoms with van der Waals surface area (Å²) in [5.74, 6) is 0. The third-order valence-electron chi connectivity index (χ3n) is 2.65. The van der Waals surface area contributed by atoms with Crippen LogP contribution in [0.25, 0.3) is 10.1 Å². The first-order chi connectivity index (χ1) is 6.77. The molecule has 0 amide bonds. The molecule has 0 atom stereocenters. The van der Waals surface area contributed by atoms with Crippen LogP contribution in [0.2, 0.25) is 0 Å². The van der Waals surface area contributed by atoms with Gasteiger partial charge in [-0.2, -0.15) is 0 Å². The molecule has 0 fully saturated rings. The second-order valence-corrected chi connectivity index (χ2v) is 4.96. The zero-order valence-electron chi connectivity index (χ0n) is 8.43. The molecule has 1 aromatic heterocycles. The summed E-state index contributed by atoms with van der Waals surface area (Å²) in [5, 5.41) is 4.56. The van der Waals surface area contributed by atoms with Gasteiger partial charge in [0.25, 0.3) is 0 Å². The molecule has 0 bridgehead atoms. The fourth-order valence-corrected chi connectivity index (χ4v) is 3.53. The van der Waals surface area contributed by atoms with E-state index in [1.165, 1.54) is 26.8 Å². The molecular weight excluding hydrogens is 256 g/mol. The lowest BCUT2D eigenvalue weighted by atomic mass is 10.0. The number of hydrogen-bond acceptors (Lipinski definition) is 1. The van der Waals surface area contributed by atoms with Gasteiger partial charge < -0.3 is 0 Å². The summed E-state index contributed by atoms with van der Waals surface area (Å²) in [6, 6.07) is 4.54. The van der Waals surface area contributed by atoms with Crippen LogP contribution < -0.4 is 0 Å². The minimum Gasteiger partial charge on any atom is -0.144 e. The van der Waals surface area contributed by atoms with E-state index in [0.29, 0.717) is 0 Å². The fraction of sp³-hybridized carbons (Fsp3) is 0.333. The Hall–Kier alpha value is -0.340. The van der Waals surface area contributed by atoms with Gasteiger partial charge >= 0.3 is 0 Å². The Morgan fingerprint density at radius 1 is 1.43 bits per heavy atom. The van der Waals surface area contributed by atoms with E-state index in [9.17, 15) is 0 Å². The largest absolute Gasteiger partial charge is 0.144 e. The van der Waals surface area contributed by atoms with Crippen molar-refractivity contribution in [2.24, 2.45) is 0 Å². The van der Waals surface area contributed by atoms with Crippen LogP contribution in [0.3, 0.4) is 0 Å². The van der Waals surface area contributed by atoms with Gasteiger partial charge in [-0.3, -0.25) is 0 Å². The predicted octanol–water partition coefficient (Wildman–Crippen LogP) is 4.67. The Labute approximate surface area is 97.1 Å². The van der Waals surface area contributed by atoms with Crippen molar-refractivity contribution < 1.29 is 0 Å². The van der Waals surface area contributed by atoms with Crippen molar-refractivity contribution in [1.29, 1.82) is 0 Å². The molecule has 2 heteroatoms. The average Bonchev–Trinajstić information content (AvgIpc) is 2.65. The molecule has 0 N–H and O–H groups in total. The molecule has 0 aliphatic heterocycles. The molecule has 1 aromatic carbocycles. The van der Waals surface area contributed by atoms with E-state index in [-0.39, 0.29) is 0 Å². The molecule has 0 saturated heterocycles. The van der Waals surface area contributed by atoms with Gasteiger partial charge in [-0.05, 0) is 46.9 Å². The van der Waals surface area contributed by atoms with Gasteiger partial charge in [0.2, 0.25) is 0 Å². The number of fused-ring (bicyclic) bond motifs is 1. The number of alkyl halides is 1. The van der Waals surface area contributed by atoms with Crippen LogP contribution in [0.1, 0.15) is 23.6 Å². The predicted molar refractivity (Wildman–Crippen MR) is 68.6 cm³/mol. The normalized spacial score (nSPS) is 11.1. The lowest BCUT2D eigenvalue weighted by Gasteiger charge is -2.08. The summed E-state index contributed by atoms with van der Waals surface area (Å²) in [4.78, 5) is 0. The van der Waals surface area contributed by atoms with Gasteiger partial charge in [0.15, 0.2) is 0 Å². The highest BCUT2D eigenvalue weighted by atomic mass is 79.9. The van der Waals surface area contributed by atoms with E-state index in [4.69, 9.17) is 0 Å². The first-order valence-corrected chi connectivity index (χ1v) is 6.82. The number of rotatable bonds is 2. The number of aryl methyl sites for hydroxylation is 2. The quantitative estimate of drug-likeness (QED) is 0.695. The van der Waals surface area contributed by atoms with Gasteiger partial charge in [0.05, 0.1) is 0 Å². The summed E-state index contributed by atoms with van der Waals surface area (Å²) < 4.78 is 1.47. The first kappa shape index (κ1) is 10.2. The molecule has 2 aromatic rings. The highest BCUT2D eigenvalue weighted by molar-refractivity contribution is 9.08. The summed E-state index contributed by atoms with van der Waals surface area (Å²) in [7, 11) is 0. The van der Waals surface area contributed by atoms with Crippen LogP contribution in [-0.2, 0) is 11.8 Å². The summed E-state index contributed by atoms with van der Waals surface area (Å²) >= 11 is 5.41. The minimum atomic E-state index is 0.949. The Kier molecular flexibility index (Phi) is 2.93. The van der Waals surface area contributed by atoms with Crippen LogP contribution in [0.15, 0.2) is 17.5 Å². The molecule has 14 heavy (non-hydrogen) atoms. The van der Waals surface area contributed by atoms with Crippen molar-refractivity contribution in [2.75, 3.05) is 0 Å². The highest BCUT2D eigenvalue weighted by Crippen LogP contribution is 2.31.